The number of para-hydroxylation sites is 1. The van der Waals surface area contributed by atoms with Crippen LogP contribution < -0.4 is 9.64 Å². The lowest BCUT2D eigenvalue weighted by molar-refractivity contribution is -0.128. The highest BCUT2D eigenvalue weighted by Crippen LogP contribution is 2.30. The molecule has 0 saturated carbocycles. The van der Waals surface area contributed by atoms with Crippen molar-refractivity contribution in [2.24, 2.45) is 0 Å². The summed E-state index contributed by atoms with van der Waals surface area (Å²) in [4.78, 5) is 16.5. The Morgan fingerprint density at radius 3 is 2.57 bits per heavy atom. The van der Waals surface area contributed by atoms with Crippen LogP contribution in [0.4, 0.5) is 10.1 Å². The number of halogens is 1. The highest BCUT2D eigenvalue weighted by molar-refractivity contribution is 7.99. The number of piperazine rings is 1. The lowest BCUT2D eigenvalue weighted by atomic mass is 10.2. The van der Waals surface area contributed by atoms with E-state index in [0.717, 1.165) is 5.69 Å². The van der Waals surface area contributed by atoms with Gasteiger partial charge in [0.15, 0.2) is 0 Å². The van der Waals surface area contributed by atoms with E-state index in [-0.39, 0.29) is 17.5 Å². The second kappa shape index (κ2) is 9.17. The second-order valence-corrected chi connectivity index (χ2v) is 7.63. The molecule has 9 heteroatoms. The van der Waals surface area contributed by atoms with Crippen molar-refractivity contribution in [2.45, 2.75) is 5.22 Å². The summed E-state index contributed by atoms with van der Waals surface area (Å²) < 4.78 is 24.1. The van der Waals surface area contributed by atoms with Crippen molar-refractivity contribution >= 4 is 23.4 Å². The third-order valence-electron chi connectivity index (χ3n) is 4.89. The lowest BCUT2D eigenvalue weighted by Crippen LogP contribution is -2.49. The quantitative estimate of drug-likeness (QED) is 0.558. The number of nitrogens with zero attached hydrogens (tertiary/aromatic N) is 4. The summed E-state index contributed by atoms with van der Waals surface area (Å²) in [7, 11) is 1.58. The minimum atomic E-state index is -0.250. The summed E-state index contributed by atoms with van der Waals surface area (Å²) in [6.45, 7) is 2.65. The van der Waals surface area contributed by atoms with E-state index in [0.29, 0.717) is 48.6 Å². The number of thioether (sulfide) groups is 1. The standard InChI is InChI=1S/C21H21FN4O3S/c1-28-18-5-3-2-4-17(18)20-23-24-21(29-20)30-14-19(27)26-12-10-25(11-13-26)16-8-6-15(22)7-9-16/h2-9H,10-14H2,1H3. The number of carbonyl (C=O) groups is 1. The topological polar surface area (TPSA) is 71.7 Å². The molecule has 0 atom stereocenters. The van der Waals surface area contributed by atoms with Gasteiger partial charge < -0.3 is 19.0 Å². The zero-order valence-corrected chi connectivity index (χ0v) is 17.3. The first-order valence-electron chi connectivity index (χ1n) is 9.52. The maximum Gasteiger partial charge on any atom is 0.277 e. The first kappa shape index (κ1) is 20.2. The van der Waals surface area contributed by atoms with Gasteiger partial charge in [0.1, 0.15) is 11.6 Å². The fraction of sp³-hybridized carbons (Fsp3) is 0.286. The predicted octanol–water partition coefficient (Wildman–Crippen LogP) is 3.33. The third kappa shape index (κ3) is 4.56. The van der Waals surface area contributed by atoms with Crippen LogP contribution in [0.15, 0.2) is 58.2 Å². The van der Waals surface area contributed by atoms with Crippen LogP contribution in [0.2, 0.25) is 0 Å². The maximum absolute atomic E-state index is 13.1. The van der Waals surface area contributed by atoms with Gasteiger partial charge in [0, 0.05) is 31.9 Å². The van der Waals surface area contributed by atoms with Crippen molar-refractivity contribution in [3.8, 4) is 17.2 Å². The monoisotopic (exact) mass is 428 g/mol. The number of anilines is 1. The minimum absolute atomic E-state index is 0.0239. The Hall–Kier alpha value is -3.07. The normalized spacial score (nSPS) is 14.1. The number of benzene rings is 2. The van der Waals surface area contributed by atoms with Crippen LogP contribution >= 0.6 is 11.8 Å². The molecule has 1 aliphatic rings. The van der Waals surface area contributed by atoms with Crippen LogP contribution in [0.25, 0.3) is 11.5 Å². The van der Waals surface area contributed by atoms with Crippen LogP contribution in [0.5, 0.6) is 5.75 Å². The van der Waals surface area contributed by atoms with Crippen LogP contribution in [0.1, 0.15) is 0 Å². The number of hydrogen-bond donors (Lipinski definition) is 0. The van der Waals surface area contributed by atoms with Gasteiger partial charge in [0.05, 0.1) is 18.4 Å². The SMILES string of the molecule is COc1ccccc1-c1nnc(SCC(=O)N2CCN(c3ccc(F)cc3)CC2)o1. The fourth-order valence-corrected chi connectivity index (χ4v) is 3.94. The molecule has 0 spiro atoms. The van der Waals surface area contributed by atoms with Gasteiger partial charge in [-0.25, -0.2) is 4.39 Å². The highest BCUT2D eigenvalue weighted by Gasteiger charge is 2.22. The van der Waals surface area contributed by atoms with Gasteiger partial charge in [-0.2, -0.15) is 0 Å². The Kier molecular flexibility index (Phi) is 6.18. The Morgan fingerprint density at radius 2 is 1.83 bits per heavy atom. The second-order valence-electron chi connectivity index (χ2n) is 6.71. The lowest BCUT2D eigenvalue weighted by Gasteiger charge is -2.36. The summed E-state index contributed by atoms with van der Waals surface area (Å²) >= 11 is 1.22. The van der Waals surface area contributed by atoms with E-state index in [2.05, 4.69) is 15.1 Å². The zero-order chi connectivity index (χ0) is 20.9. The number of ether oxygens (including phenoxy) is 1. The summed E-state index contributed by atoms with van der Waals surface area (Å²) in [5.74, 6) is 1.00. The molecule has 0 aliphatic carbocycles. The Bertz CT molecular complexity index is 1000. The van der Waals surface area contributed by atoms with Crippen LogP contribution in [-0.2, 0) is 4.79 Å². The summed E-state index contributed by atoms with van der Waals surface area (Å²) in [6, 6.07) is 13.8. The number of rotatable bonds is 6. The van der Waals surface area contributed by atoms with Crippen molar-refractivity contribution in [1.29, 1.82) is 0 Å². The van der Waals surface area contributed by atoms with Gasteiger partial charge in [-0.1, -0.05) is 23.9 Å². The molecule has 4 rings (SSSR count). The molecule has 2 aromatic carbocycles. The number of methoxy groups -OCH3 is 1. The zero-order valence-electron chi connectivity index (χ0n) is 16.5. The number of hydrogen-bond acceptors (Lipinski definition) is 7. The molecular weight excluding hydrogens is 407 g/mol. The van der Waals surface area contributed by atoms with Gasteiger partial charge >= 0.3 is 0 Å². The summed E-state index contributed by atoms with van der Waals surface area (Å²) in [5.41, 5.74) is 1.68. The molecular formula is C21H21FN4O3S. The van der Waals surface area contributed by atoms with Gasteiger partial charge in [-0.05, 0) is 36.4 Å². The molecule has 0 N–H and O–H groups in total. The van der Waals surface area contributed by atoms with Crippen molar-refractivity contribution in [2.75, 3.05) is 43.9 Å². The van der Waals surface area contributed by atoms with Crippen LogP contribution in [0.3, 0.4) is 0 Å². The molecule has 0 bridgehead atoms. The average Bonchev–Trinajstić information content (AvgIpc) is 3.27. The van der Waals surface area contributed by atoms with Gasteiger partial charge in [-0.15, -0.1) is 10.2 Å². The largest absolute Gasteiger partial charge is 0.496 e. The Morgan fingerprint density at radius 1 is 1.10 bits per heavy atom. The fourth-order valence-electron chi connectivity index (χ4n) is 3.28. The minimum Gasteiger partial charge on any atom is -0.496 e. The Labute approximate surface area is 177 Å². The molecule has 1 amide bonds. The Balaban J connectivity index is 1.29. The van der Waals surface area contributed by atoms with E-state index in [1.807, 2.05) is 29.2 Å². The molecule has 156 valence electrons. The summed E-state index contributed by atoms with van der Waals surface area (Å²) in [5, 5.41) is 8.43. The van der Waals surface area contributed by atoms with Crippen molar-refractivity contribution in [3.05, 3.63) is 54.3 Å². The van der Waals surface area contributed by atoms with Gasteiger partial charge in [0.2, 0.25) is 5.91 Å². The molecule has 0 unspecified atom stereocenters. The maximum atomic E-state index is 13.1. The van der Waals surface area contributed by atoms with E-state index in [9.17, 15) is 9.18 Å². The highest BCUT2D eigenvalue weighted by atomic mass is 32.2. The molecule has 2 heterocycles. The van der Waals surface area contributed by atoms with Gasteiger partial charge in [0.25, 0.3) is 11.1 Å². The first-order valence-corrected chi connectivity index (χ1v) is 10.5. The predicted molar refractivity (Wildman–Crippen MR) is 112 cm³/mol. The van der Waals surface area contributed by atoms with Crippen LogP contribution in [0, 0.1) is 5.82 Å². The van der Waals surface area contributed by atoms with Crippen molar-refractivity contribution in [3.63, 3.8) is 0 Å². The van der Waals surface area contributed by atoms with E-state index < -0.39 is 0 Å². The number of amides is 1. The molecule has 1 saturated heterocycles. The number of aromatic nitrogens is 2. The molecule has 1 aliphatic heterocycles. The first-order chi connectivity index (χ1) is 14.6. The molecule has 3 aromatic rings. The molecule has 7 nitrogen and oxygen atoms in total. The molecule has 0 radical (unpaired) electrons. The average molecular weight is 428 g/mol. The molecule has 1 aromatic heterocycles. The molecule has 1 fully saturated rings. The van der Waals surface area contributed by atoms with E-state index in [1.165, 1.54) is 23.9 Å². The van der Waals surface area contributed by atoms with Crippen molar-refractivity contribution in [1.82, 2.24) is 15.1 Å². The van der Waals surface area contributed by atoms with E-state index in [4.69, 9.17) is 9.15 Å². The van der Waals surface area contributed by atoms with Crippen molar-refractivity contribution < 1.29 is 18.3 Å². The van der Waals surface area contributed by atoms with E-state index in [1.54, 1.807) is 19.2 Å². The number of carbonyl (C=O) groups excluding carboxylic acids is 1. The van der Waals surface area contributed by atoms with E-state index >= 15 is 0 Å². The smallest absolute Gasteiger partial charge is 0.277 e. The van der Waals surface area contributed by atoms with Gasteiger partial charge in [-0.3, -0.25) is 4.79 Å². The molecule has 30 heavy (non-hydrogen) atoms. The summed E-state index contributed by atoms with van der Waals surface area (Å²) in [6.07, 6.45) is 0. The van der Waals surface area contributed by atoms with Crippen LogP contribution in [-0.4, -0.2) is 60.0 Å². The third-order valence-corrected chi connectivity index (χ3v) is 5.69.